The van der Waals surface area contributed by atoms with E-state index in [0.717, 1.165) is 30.7 Å². The Kier molecular flexibility index (Phi) is 2.62. The van der Waals surface area contributed by atoms with Gasteiger partial charge in [-0.25, -0.2) is 4.79 Å². The van der Waals surface area contributed by atoms with E-state index in [1.165, 1.54) is 38.5 Å². The zero-order valence-electron chi connectivity index (χ0n) is 12.0. The van der Waals surface area contributed by atoms with E-state index in [2.05, 4.69) is 17.6 Å². The molecule has 19 heavy (non-hydrogen) atoms. The van der Waals surface area contributed by atoms with Gasteiger partial charge in [0, 0.05) is 12.6 Å². The van der Waals surface area contributed by atoms with E-state index in [0.29, 0.717) is 17.4 Å². The highest BCUT2D eigenvalue weighted by Crippen LogP contribution is 2.59. The minimum Gasteiger partial charge on any atom is -0.338 e. The highest BCUT2D eigenvalue weighted by Gasteiger charge is 2.50. The Hall–Kier alpha value is -0.730. The van der Waals surface area contributed by atoms with Crippen LogP contribution in [0.1, 0.15) is 51.9 Å². The summed E-state index contributed by atoms with van der Waals surface area (Å²) in [4.78, 5) is 11.9. The molecule has 3 nitrogen and oxygen atoms in total. The van der Waals surface area contributed by atoms with Crippen LogP contribution in [0.2, 0.25) is 0 Å². The molecule has 2 amide bonds. The largest absolute Gasteiger partial charge is 0.338 e. The van der Waals surface area contributed by atoms with Crippen molar-refractivity contribution in [2.24, 2.45) is 29.1 Å². The van der Waals surface area contributed by atoms with Crippen molar-refractivity contribution in [2.75, 3.05) is 6.54 Å². The van der Waals surface area contributed by atoms with Crippen molar-refractivity contribution in [1.29, 1.82) is 0 Å². The molecule has 0 spiro atoms. The first-order chi connectivity index (χ1) is 9.12. The molecule has 0 aliphatic heterocycles. The van der Waals surface area contributed by atoms with Crippen LogP contribution in [-0.2, 0) is 0 Å². The lowest BCUT2D eigenvalue weighted by Gasteiger charge is -2.56. The van der Waals surface area contributed by atoms with Crippen LogP contribution in [0.5, 0.6) is 0 Å². The third-order valence-electron chi connectivity index (χ3n) is 6.21. The van der Waals surface area contributed by atoms with Crippen LogP contribution < -0.4 is 10.6 Å². The monoisotopic (exact) mass is 262 g/mol. The molecule has 0 saturated heterocycles. The van der Waals surface area contributed by atoms with E-state index in [9.17, 15) is 4.79 Å². The van der Waals surface area contributed by atoms with Crippen LogP contribution in [0, 0.1) is 29.1 Å². The lowest BCUT2D eigenvalue weighted by atomic mass is 9.49. The number of carbonyl (C=O) groups is 1. The predicted octanol–water partition coefficient (Wildman–Crippen LogP) is 2.91. The minimum absolute atomic E-state index is 0.0742. The van der Waals surface area contributed by atoms with Crippen LogP contribution >= 0.6 is 0 Å². The summed E-state index contributed by atoms with van der Waals surface area (Å²) in [7, 11) is 0. The summed E-state index contributed by atoms with van der Waals surface area (Å²) in [6, 6.07) is 0.515. The molecule has 3 heteroatoms. The summed E-state index contributed by atoms with van der Waals surface area (Å²) in [6.45, 7) is 3.12. The molecule has 106 valence electrons. The predicted molar refractivity (Wildman–Crippen MR) is 74.7 cm³/mol. The van der Waals surface area contributed by atoms with E-state index < -0.39 is 0 Å². The summed E-state index contributed by atoms with van der Waals surface area (Å²) < 4.78 is 0. The Morgan fingerprint density at radius 1 is 1.05 bits per heavy atom. The van der Waals surface area contributed by atoms with Gasteiger partial charge < -0.3 is 10.6 Å². The molecule has 5 aliphatic carbocycles. The Bertz CT molecular complexity index is 357. The van der Waals surface area contributed by atoms with Crippen LogP contribution in [-0.4, -0.2) is 18.6 Å². The summed E-state index contributed by atoms with van der Waals surface area (Å²) in [6.07, 6.45) is 9.71. The third kappa shape index (κ3) is 2.25. The molecule has 5 fully saturated rings. The molecule has 5 saturated carbocycles. The second kappa shape index (κ2) is 4.13. The number of hydrogen-bond donors (Lipinski definition) is 2. The zero-order valence-corrected chi connectivity index (χ0v) is 12.0. The SMILES string of the molecule is C[C@@H]1C[C@@H]1NC(=O)NCC12CC3CC(CC(C3)C1)C2. The van der Waals surface area contributed by atoms with E-state index in [-0.39, 0.29) is 6.03 Å². The lowest BCUT2D eigenvalue weighted by Crippen LogP contribution is -2.52. The minimum atomic E-state index is 0.0742. The van der Waals surface area contributed by atoms with Gasteiger partial charge in [-0.2, -0.15) is 0 Å². The Morgan fingerprint density at radius 3 is 2.05 bits per heavy atom. The molecule has 4 bridgehead atoms. The van der Waals surface area contributed by atoms with Crippen molar-refractivity contribution in [1.82, 2.24) is 10.6 Å². The molecule has 2 atom stereocenters. The van der Waals surface area contributed by atoms with E-state index >= 15 is 0 Å². The van der Waals surface area contributed by atoms with Crippen LogP contribution in [0.25, 0.3) is 0 Å². The Labute approximate surface area is 115 Å². The van der Waals surface area contributed by atoms with Gasteiger partial charge in [0.2, 0.25) is 0 Å². The number of carbonyl (C=O) groups excluding carboxylic acids is 1. The van der Waals surface area contributed by atoms with Gasteiger partial charge in [-0.3, -0.25) is 0 Å². The third-order valence-corrected chi connectivity index (χ3v) is 6.21. The number of amides is 2. The molecule has 5 rings (SSSR count). The van der Waals surface area contributed by atoms with Gasteiger partial charge in [-0.15, -0.1) is 0 Å². The first-order valence-corrected chi connectivity index (χ1v) is 8.16. The summed E-state index contributed by atoms with van der Waals surface area (Å²) in [5.41, 5.74) is 0.460. The highest BCUT2D eigenvalue weighted by molar-refractivity contribution is 5.74. The fraction of sp³-hybridized carbons (Fsp3) is 0.938. The molecule has 0 aromatic heterocycles. The quantitative estimate of drug-likeness (QED) is 0.806. The molecule has 0 aromatic carbocycles. The van der Waals surface area contributed by atoms with E-state index in [1.807, 2.05) is 0 Å². The summed E-state index contributed by atoms with van der Waals surface area (Å²) >= 11 is 0. The van der Waals surface area contributed by atoms with Gasteiger partial charge in [0.25, 0.3) is 0 Å². The van der Waals surface area contributed by atoms with Crippen molar-refractivity contribution < 1.29 is 4.79 Å². The van der Waals surface area contributed by atoms with Crippen LogP contribution in [0.3, 0.4) is 0 Å². The Morgan fingerprint density at radius 2 is 1.58 bits per heavy atom. The molecule has 5 aliphatic rings. The fourth-order valence-corrected chi connectivity index (χ4v) is 5.52. The average molecular weight is 262 g/mol. The topological polar surface area (TPSA) is 41.1 Å². The van der Waals surface area contributed by atoms with Crippen molar-refractivity contribution in [3.05, 3.63) is 0 Å². The van der Waals surface area contributed by atoms with Crippen molar-refractivity contribution in [3.63, 3.8) is 0 Å². The molecule has 0 unspecified atom stereocenters. The maximum atomic E-state index is 11.9. The highest BCUT2D eigenvalue weighted by atomic mass is 16.2. The van der Waals surface area contributed by atoms with Gasteiger partial charge in [-0.05, 0) is 74.0 Å². The van der Waals surface area contributed by atoms with E-state index in [4.69, 9.17) is 0 Å². The normalized spacial score (nSPS) is 50.1. The zero-order chi connectivity index (χ0) is 13.0. The van der Waals surface area contributed by atoms with E-state index in [1.54, 1.807) is 0 Å². The van der Waals surface area contributed by atoms with Gasteiger partial charge in [-0.1, -0.05) is 6.92 Å². The van der Waals surface area contributed by atoms with Gasteiger partial charge in [0.1, 0.15) is 0 Å². The number of rotatable bonds is 3. The van der Waals surface area contributed by atoms with Crippen molar-refractivity contribution in [2.45, 2.75) is 57.9 Å². The second-order valence-corrected chi connectivity index (χ2v) is 8.06. The fourth-order valence-electron chi connectivity index (χ4n) is 5.52. The lowest BCUT2D eigenvalue weighted by molar-refractivity contribution is -0.0498. The smallest absolute Gasteiger partial charge is 0.315 e. The maximum Gasteiger partial charge on any atom is 0.315 e. The van der Waals surface area contributed by atoms with Crippen LogP contribution in [0.4, 0.5) is 4.79 Å². The summed E-state index contributed by atoms with van der Waals surface area (Å²) in [5.74, 6) is 3.60. The molecular weight excluding hydrogens is 236 g/mol. The first kappa shape index (κ1) is 12.0. The molecule has 0 heterocycles. The second-order valence-electron chi connectivity index (χ2n) is 8.06. The van der Waals surface area contributed by atoms with Crippen LogP contribution in [0.15, 0.2) is 0 Å². The summed E-state index contributed by atoms with van der Waals surface area (Å²) in [5, 5.41) is 6.27. The standard InChI is InChI=1S/C16H26N2O/c1-10-2-14(10)18-15(19)17-9-16-6-11-3-12(7-16)5-13(4-11)8-16/h10-14H,2-9H2,1H3,(H2,17,18,19)/t10-,11?,12?,13?,14+,16?/m1/s1. The number of urea groups is 1. The Balaban J connectivity index is 1.33. The maximum absolute atomic E-state index is 11.9. The van der Waals surface area contributed by atoms with Gasteiger partial charge in [0.15, 0.2) is 0 Å². The van der Waals surface area contributed by atoms with Gasteiger partial charge >= 0.3 is 6.03 Å². The molecule has 2 N–H and O–H groups in total. The van der Waals surface area contributed by atoms with Crippen molar-refractivity contribution in [3.8, 4) is 0 Å². The number of nitrogens with one attached hydrogen (secondary N) is 2. The first-order valence-electron chi connectivity index (χ1n) is 8.16. The molecule has 0 radical (unpaired) electrons. The molecule has 0 aromatic rings. The number of hydrogen-bond acceptors (Lipinski definition) is 1. The molecular formula is C16H26N2O. The van der Waals surface area contributed by atoms with Crippen molar-refractivity contribution >= 4 is 6.03 Å². The van der Waals surface area contributed by atoms with Gasteiger partial charge in [0.05, 0.1) is 0 Å². The average Bonchev–Trinajstić information content (AvgIpc) is 3.01.